The van der Waals surface area contributed by atoms with Crippen LogP contribution in [0.15, 0.2) is 28.8 Å². The standard InChI is InChI=1S/C16H23N5O2/c1-16(2,17)15-19-13(23-20-15)10-21(4)9-11-5-7-12(8-6-11)14(22)18-3/h5-8H,9-10,17H2,1-4H3,(H,18,22). The lowest BCUT2D eigenvalue weighted by atomic mass is 10.1. The monoisotopic (exact) mass is 317 g/mol. The fourth-order valence-corrected chi connectivity index (χ4v) is 2.09. The van der Waals surface area contributed by atoms with Crippen LogP contribution in [0.3, 0.4) is 0 Å². The third-order valence-electron chi connectivity index (χ3n) is 3.35. The predicted octanol–water partition coefficient (Wildman–Crippen LogP) is 1.26. The van der Waals surface area contributed by atoms with Crippen molar-refractivity contribution in [3.63, 3.8) is 0 Å². The summed E-state index contributed by atoms with van der Waals surface area (Å²) >= 11 is 0. The fourth-order valence-electron chi connectivity index (χ4n) is 2.09. The molecule has 7 heteroatoms. The predicted molar refractivity (Wildman–Crippen MR) is 86.5 cm³/mol. The van der Waals surface area contributed by atoms with Gasteiger partial charge in [-0.25, -0.2) is 0 Å². The van der Waals surface area contributed by atoms with E-state index in [4.69, 9.17) is 10.3 Å². The van der Waals surface area contributed by atoms with Gasteiger partial charge in [0.25, 0.3) is 5.91 Å². The summed E-state index contributed by atoms with van der Waals surface area (Å²) in [6.45, 7) is 4.90. The van der Waals surface area contributed by atoms with Crippen molar-refractivity contribution in [2.75, 3.05) is 14.1 Å². The molecule has 1 heterocycles. The number of aromatic nitrogens is 2. The van der Waals surface area contributed by atoms with E-state index < -0.39 is 5.54 Å². The number of carbonyl (C=O) groups is 1. The zero-order valence-corrected chi connectivity index (χ0v) is 14.0. The van der Waals surface area contributed by atoms with Gasteiger partial charge < -0.3 is 15.6 Å². The van der Waals surface area contributed by atoms with Crippen molar-refractivity contribution in [3.8, 4) is 0 Å². The van der Waals surface area contributed by atoms with E-state index in [1.807, 2.05) is 45.2 Å². The van der Waals surface area contributed by atoms with Crippen molar-refractivity contribution in [2.24, 2.45) is 5.73 Å². The van der Waals surface area contributed by atoms with Crippen LogP contribution in [0.2, 0.25) is 0 Å². The van der Waals surface area contributed by atoms with E-state index in [1.54, 1.807) is 7.05 Å². The summed E-state index contributed by atoms with van der Waals surface area (Å²) in [5, 5.41) is 6.51. The van der Waals surface area contributed by atoms with Gasteiger partial charge in [-0.05, 0) is 38.6 Å². The molecule has 7 nitrogen and oxygen atoms in total. The molecular weight excluding hydrogens is 294 g/mol. The molecule has 1 amide bonds. The van der Waals surface area contributed by atoms with Crippen LogP contribution in [0.1, 0.15) is 41.5 Å². The second-order valence-electron chi connectivity index (χ2n) is 6.18. The first-order valence-corrected chi connectivity index (χ1v) is 7.41. The van der Waals surface area contributed by atoms with E-state index >= 15 is 0 Å². The Balaban J connectivity index is 1.95. The molecule has 1 aromatic carbocycles. The van der Waals surface area contributed by atoms with E-state index in [9.17, 15) is 4.79 Å². The molecule has 0 fully saturated rings. The van der Waals surface area contributed by atoms with Crippen LogP contribution in [-0.4, -0.2) is 35.0 Å². The number of amides is 1. The zero-order chi connectivity index (χ0) is 17.0. The molecule has 0 aliphatic carbocycles. The Kier molecular flexibility index (Phi) is 5.12. The number of nitrogens with zero attached hydrogens (tertiary/aromatic N) is 3. The Morgan fingerprint density at radius 1 is 1.30 bits per heavy atom. The van der Waals surface area contributed by atoms with Crippen LogP contribution in [0.4, 0.5) is 0 Å². The van der Waals surface area contributed by atoms with Crippen molar-refractivity contribution >= 4 is 5.91 Å². The molecule has 23 heavy (non-hydrogen) atoms. The molecule has 0 saturated carbocycles. The molecule has 3 N–H and O–H groups in total. The maximum atomic E-state index is 11.5. The molecular formula is C16H23N5O2. The molecule has 0 saturated heterocycles. The molecule has 0 aliphatic rings. The molecule has 0 aliphatic heterocycles. The van der Waals surface area contributed by atoms with E-state index in [2.05, 4.69) is 20.4 Å². The van der Waals surface area contributed by atoms with Crippen molar-refractivity contribution in [1.29, 1.82) is 0 Å². The third-order valence-corrected chi connectivity index (χ3v) is 3.35. The normalized spacial score (nSPS) is 11.7. The minimum Gasteiger partial charge on any atom is -0.355 e. The lowest BCUT2D eigenvalue weighted by molar-refractivity contribution is 0.0963. The van der Waals surface area contributed by atoms with Crippen molar-refractivity contribution in [1.82, 2.24) is 20.4 Å². The van der Waals surface area contributed by atoms with Gasteiger partial charge in [0, 0.05) is 19.2 Å². The molecule has 2 rings (SSSR count). The molecule has 2 aromatic rings. The molecule has 0 bridgehead atoms. The maximum absolute atomic E-state index is 11.5. The Morgan fingerprint density at radius 3 is 2.48 bits per heavy atom. The van der Waals surface area contributed by atoms with E-state index in [-0.39, 0.29) is 5.91 Å². The van der Waals surface area contributed by atoms with Gasteiger partial charge in [0.15, 0.2) is 5.82 Å². The summed E-state index contributed by atoms with van der Waals surface area (Å²) in [6, 6.07) is 7.49. The molecule has 0 spiro atoms. The highest BCUT2D eigenvalue weighted by Gasteiger charge is 2.21. The SMILES string of the molecule is CNC(=O)c1ccc(CN(C)Cc2nc(C(C)(C)N)no2)cc1. The maximum Gasteiger partial charge on any atom is 0.251 e. The van der Waals surface area contributed by atoms with Crippen LogP contribution in [0, 0.1) is 0 Å². The smallest absolute Gasteiger partial charge is 0.251 e. The first-order chi connectivity index (χ1) is 10.8. The highest BCUT2D eigenvalue weighted by atomic mass is 16.5. The van der Waals surface area contributed by atoms with Crippen LogP contribution in [0.25, 0.3) is 0 Å². The second kappa shape index (κ2) is 6.89. The molecule has 0 radical (unpaired) electrons. The quantitative estimate of drug-likeness (QED) is 0.832. The summed E-state index contributed by atoms with van der Waals surface area (Å²) in [7, 11) is 3.58. The Labute approximate surface area is 135 Å². The Bertz CT molecular complexity index is 658. The summed E-state index contributed by atoms with van der Waals surface area (Å²) in [5.41, 5.74) is 7.07. The van der Waals surface area contributed by atoms with Crippen molar-refractivity contribution in [3.05, 3.63) is 47.1 Å². The average molecular weight is 317 g/mol. The molecule has 0 unspecified atom stereocenters. The number of rotatable bonds is 6. The van der Waals surface area contributed by atoms with Gasteiger partial charge in [0.05, 0.1) is 12.1 Å². The van der Waals surface area contributed by atoms with Gasteiger partial charge in [-0.15, -0.1) is 0 Å². The van der Waals surface area contributed by atoms with E-state index in [1.165, 1.54) is 0 Å². The first kappa shape index (κ1) is 17.1. The number of benzene rings is 1. The largest absolute Gasteiger partial charge is 0.355 e. The lowest BCUT2D eigenvalue weighted by Crippen LogP contribution is -2.30. The van der Waals surface area contributed by atoms with Gasteiger partial charge in [-0.2, -0.15) is 4.98 Å². The number of hydrogen-bond donors (Lipinski definition) is 2. The summed E-state index contributed by atoms with van der Waals surface area (Å²) in [4.78, 5) is 17.9. The molecule has 1 aromatic heterocycles. The van der Waals surface area contributed by atoms with Crippen LogP contribution in [-0.2, 0) is 18.6 Å². The molecule has 0 atom stereocenters. The minimum absolute atomic E-state index is 0.0901. The topological polar surface area (TPSA) is 97.3 Å². The van der Waals surface area contributed by atoms with Crippen molar-refractivity contribution in [2.45, 2.75) is 32.5 Å². The Morgan fingerprint density at radius 2 is 1.96 bits per heavy atom. The van der Waals surface area contributed by atoms with Crippen LogP contribution in [0.5, 0.6) is 0 Å². The summed E-state index contributed by atoms with van der Waals surface area (Å²) in [5.74, 6) is 0.937. The first-order valence-electron chi connectivity index (χ1n) is 7.41. The highest BCUT2D eigenvalue weighted by molar-refractivity contribution is 5.93. The van der Waals surface area contributed by atoms with Crippen molar-refractivity contribution < 1.29 is 9.32 Å². The van der Waals surface area contributed by atoms with Gasteiger partial charge in [0.1, 0.15) is 0 Å². The number of hydrogen-bond acceptors (Lipinski definition) is 6. The summed E-state index contributed by atoms with van der Waals surface area (Å²) in [6.07, 6.45) is 0. The van der Waals surface area contributed by atoms with Gasteiger partial charge in [-0.1, -0.05) is 17.3 Å². The average Bonchev–Trinajstić information content (AvgIpc) is 2.95. The Hall–Kier alpha value is -2.25. The third kappa shape index (κ3) is 4.61. The van der Waals surface area contributed by atoms with E-state index in [0.717, 1.165) is 5.56 Å². The number of nitrogens with one attached hydrogen (secondary N) is 1. The van der Waals surface area contributed by atoms with Gasteiger partial charge >= 0.3 is 0 Å². The number of carbonyl (C=O) groups excluding carboxylic acids is 1. The van der Waals surface area contributed by atoms with Gasteiger partial charge in [-0.3, -0.25) is 9.69 Å². The number of nitrogens with two attached hydrogens (primary N) is 1. The summed E-state index contributed by atoms with van der Waals surface area (Å²) < 4.78 is 5.23. The minimum atomic E-state index is -0.615. The fraction of sp³-hybridized carbons (Fsp3) is 0.438. The zero-order valence-electron chi connectivity index (χ0n) is 14.0. The van der Waals surface area contributed by atoms with Crippen LogP contribution >= 0.6 is 0 Å². The molecule has 124 valence electrons. The lowest BCUT2D eigenvalue weighted by Gasteiger charge is -2.14. The van der Waals surface area contributed by atoms with Crippen LogP contribution < -0.4 is 11.1 Å². The van der Waals surface area contributed by atoms with E-state index in [0.29, 0.717) is 30.4 Å². The highest BCUT2D eigenvalue weighted by Crippen LogP contribution is 2.14. The second-order valence-corrected chi connectivity index (χ2v) is 6.18. The van der Waals surface area contributed by atoms with Gasteiger partial charge in [0.2, 0.25) is 5.89 Å².